The molecule has 0 unspecified atom stereocenters. The van der Waals surface area contributed by atoms with Crippen molar-refractivity contribution in [1.29, 1.82) is 0 Å². The lowest BCUT2D eigenvalue weighted by Gasteiger charge is -2.43. The third kappa shape index (κ3) is 6.00. The molecule has 1 N–H and O–H groups in total. The number of carbonyl (C=O) groups is 1. The van der Waals surface area contributed by atoms with Crippen LogP contribution in [0.2, 0.25) is 6.04 Å². The summed E-state index contributed by atoms with van der Waals surface area (Å²) in [6.07, 6.45) is 0.706. The van der Waals surface area contributed by atoms with E-state index in [1.807, 2.05) is 20.8 Å². The standard InChI is InChI=1S/C16H33NO6Si/c1-5-16(13-20-14-16)12-17(15(18)19)10-9-11-24(21-6-2,22-7-3)23-8-4/h5-14H2,1-4H3,(H,18,19). The van der Waals surface area contributed by atoms with Crippen molar-refractivity contribution in [1.82, 2.24) is 4.90 Å². The molecule has 1 saturated heterocycles. The van der Waals surface area contributed by atoms with Gasteiger partial charge >= 0.3 is 14.9 Å². The average Bonchev–Trinajstić information content (AvgIpc) is 2.49. The van der Waals surface area contributed by atoms with Gasteiger partial charge in [-0.05, 0) is 33.6 Å². The van der Waals surface area contributed by atoms with E-state index in [0.29, 0.717) is 58.6 Å². The maximum Gasteiger partial charge on any atom is 0.500 e. The third-order valence-corrected chi connectivity index (χ3v) is 7.52. The molecule has 0 aromatic heterocycles. The molecule has 0 radical (unpaired) electrons. The number of carboxylic acid groups (broad SMARTS) is 1. The Kier molecular flexibility index (Phi) is 9.21. The summed E-state index contributed by atoms with van der Waals surface area (Å²) in [5.74, 6) is 0. The molecule has 0 aromatic carbocycles. The first kappa shape index (κ1) is 21.4. The summed E-state index contributed by atoms with van der Waals surface area (Å²) in [6, 6.07) is 0.627. The molecule has 0 saturated carbocycles. The molecule has 24 heavy (non-hydrogen) atoms. The van der Waals surface area contributed by atoms with Crippen LogP contribution in [0.1, 0.15) is 40.5 Å². The van der Waals surface area contributed by atoms with Crippen molar-refractivity contribution in [3.63, 3.8) is 0 Å². The smallest absolute Gasteiger partial charge is 0.465 e. The zero-order valence-electron chi connectivity index (χ0n) is 15.5. The Morgan fingerprint density at radius 1 is 1.12 bits per heavy atom. The van der Waals surface area contributed by atoms with Crippen LogP contribution in [-0.4, -0.2) is 71.0 Å². The van der Waals surface area contributed by atoms with Gasteiger partial charge in [-0.25, -0.2) is 4.79 Å². The largest absolute Gasteiger partial charge is 0.500 e. The highest BCUT2D eigenvalue weighted by Gasteiger charge is 2.42. The lowest BCUT2D eigenvalue weighted by atomic mass is 9.82. The fourth-order valence-electron chi connectivity index (χ4n) is 2.93. The molecule has 0 aromatic rings. The molecular weight excluding hydrogens is 330 g/mol. The monoisotopic (exact) mass is 363 g/mol. The highest BCUT2D eigenvalue weighted by Crippen LogP contribution is 2.32. The first-order chi connectivity index (χ1) is 11.5. The minimum absolute atomic E-state index is 0.0212. The molecule has 1 aliphatic rings. The Morgan fingerprint density at radius 2 is 1.67 bits per heavy atom. The fourth-order valence-corrected chi connectivity index (χ4v) is 5.53. The Labute approximate surface area is 146 Å². The summed E-state index contributed by atoms with van der Waals surface area (Å²) < 4.78 is 22.7. The van der Waals surface area contributed by atoms with Gasteiger partial charge in [-0.2, -0.15) is 0 Å². The molecule has 0 bridgehead atoms. The summed E-state index contributed by atoms with van der Waals surface area (Å²) >= 11 is 0. The SMILES string of the molecule is CCO[Si](CCCN(CC1(CC)COC1)C(=O)O)(OCC)OCC. The molecule has 1 heterocycles. The quantitative estimate of drug-likeness (QED) is 0.507. The minimum atomic E-state index is -2.70. The molecule has 1 amide bonds. The van der Waals surface area contributed by atoms with Gasteiger partial charge in [0.15, 0.2) is 0 Å². The van der Waals surface area contributed by atoms with E-state index in [-0.39, 0.29) is 5.41 Å². The summed E-state index contributed by atoms with van der Waals surface area (Å²) in [7, 11) is -2.70. The van der Waals surface area contributed by atoms with Crippen molar-refractivity contribution in [3.8, 4) is 0 Å². The topological polar surface area (TPSA) is 77.5 Å². The first-order valence-electron chi connectivity index (χ1n) is 8.94. The molecule has 0 aliphatic carbocycles. The molecule has 8 heteroatoms. The summed E-state index contributed by atoms with van der Waals surface area (Å²) in [4.78, 5) is 13.1. The van der Waals surface area contributed by atoms with Gasteiger partial charge in [-0.3, -0.25) is 0 Å². The van der Waals surface area contributed by atoms with Crippen LogP contribution in [0.15, 0.2) is 0 Å². The van der Waals surface area contributed by atoms with E-state index in [4.69, 9.17) is 18.0 Å². The predicted octanol–water partition coefficient (Wildman–Crippen LogP) is 2.83. The first-order valence-corrected chi connectivity index (χ1v) is 10.9. The Balaban J connectivity index is 2.59. The second kappa shape index (κ2) is 10.3. The molecule has 0 spiro atoms. The van der Waals surface area contributed by atoms with Crippen LogP contribution in [0, 0.1) is 5.41 Å². The molecular formula is C16H33NO6Si. The van der Waals surface area contributed by atoms with Crippen molar-refractivity contribution in [2.24, 2.45) is 5.41 Å². The fraction of sp³-hybridized carbons (Fsp3) is 0.938. The van der Waals surface area contributed by atoms with E-state index in [2.05, 4.69) is 6.92 Å². The van der Waals surface area contributed by atoms with Crippen LogP contribution in [0.5, 0.6) is 0 Å². The highest BCUT2D eigenvalue weighted by molar-refractivity contribution is 6.60. The zero-order valence-corrected chi connectivity index (χ0v) is 16.5. The van der Waals surface area contributed by atoms with Crippen LogP contribution in [-0.2, 0) is 18.0 Å². The van der Waals surface area contributed by atoms with Gasteiger partial charge in [-0.1, -0.05) is 6.92 Å². The summed E-state index contributed by atoms with van der Waals surface area (Å²) in [5, 5.41) is 9.49. The van der Waals surface area contributed by atoms with Crippen molar-refractivity contribution >= 4 is 14.9 Å². The zero-order chi connectivity index (χ0) is 18.1. The minimum Gasteiger partial charge on any atom is -0.465 e. The van der Waals surface area contributed by atoms with Crippen molar-refractivity contribution < 1.29 is 27.9 Å². The van der Waals surface area contributed by atoms with Crippen LogP contribution in [0.4, 0.5) is 4.79 Å². The molecule has 142 valence electrons. The van der Waals surface area contributed by atoms with E-state index < -0.39 is 14.9 Å². The Bertz CT molecular complexity index is 355. The van der Waals surface area contributed by atoms with Crippen molar-refractivity contribution in [3.05, 3.63) is 0 Å². The van der Waals surface area contributed by atoms with E-state index >= 15 is 0 Å². The van der Waals surface area contributed by atoms with Gasteiger partial charge in [0.1, 0.15) is 0 Å². The summed E-state index contributed by atoms with van der Waals surface area (Å²) in [6.45, 7) is 11.7. The third-order valence-electron chi connectivity index (χ3n) is 4.37. The average molecular weight is 364 g/mol. The molecule has 1 rings (SSSR count). The number of rotatable bonds is 13. The second-order valence-corrected chi connectivity index (χ2v) is 8.87. The second-order valence-electron chi connectivity index (χ2n) is 6.14. The summed E-state index contributed by atoms with van der Waals surface area (Å²) in [5.41, 5.74) is -0.0212. The number of nitrogens with zero attached hydrogens (tertiary/aromatic N) is 1. The number of hydrogen-bond donors (Lipinski definition) is 1. The van der Waals surface area contributed by atoms with Crippen molar-refractivity contribution in [2.75, 3.05) is 46.1 Å². The van der Waals surface area contributed by atoms with Gasteiger partial charge in [0.2, 0.25) is 0 Å². The number of hydrogen-bond acceptors (Lipinski definition) is 5. The van der Waals surface area contributed by atoms with E-state index in [1.54, 1.807) is 0 Å². The van der Waals surface area contributed by atoms with Gasteiger partial charge in [-0.15, -0.1) is 0 Å². The Morgan fingerprint density at radius 3 is 2.00 bits per heavy atom. The molecule has 0 atom stereocenters. The number of amides is 1. The van der Waals surface area contributed by atoms with Gasteiger partial charge < -0.3 is 28.0 Å². The van der Waals surface area contributed by atoms with E-state index in [9.17, 15) is 9.90 Å². The maximum atomic E-state index is 11.6. The van der Waals surface area contributed by atoms with Crippen molar-refractivity contribution in [2.45, 2.75) is 46.6 Å². The molecule has 7 nitrogen and oxygen atoms in total. The molecule has 1 aliphatic heterocycles. The van der Waals surface area contributed by atoms with Gasteiger partial charge in [0, 0.05) is 44.4 Å². The molecule has 1 fully saturated rings. The van der Waals surface area contributed by atoms with E-state index in [1.165, 1.54) is 4.90 Å². The lowest BCUT2D eigenvalue weighted by Crippen LogP contribution is -2.52. The van der Waals surface area contributed by atoms with Gasteiger partial charge in [0.05, 0.1) is 13.2 Å². The predicted molar refractivity (Wildman–Crippen MR) is 93.2 cm³/mol. The van der Waals surface area contributed by atoms with Crippen LogP contribution < -0.4 is 0 Å². The highest BCUT2D eigenvalue weighted by atomic mass is 28.4. The van der Waals surface area contributed by atoms with Crippen LogP contribution >= 0.6 is 0 Å². The normalized spacial score (nSPS) is 16.7. The van der Waals surface area contributed by atoms with Crippen LogP contribution in [0.3, 0.4) is 0 Å². The lowest BCUT2D eigenvalue weighted by molar-refractivity contribution is -0.125. The number of ether oxygens (including phenoxy) is 1. The van der Waals surface area contributed by atoms with E-state index in [0.717, 1.165) is 6.42 Å². The Hall–Kier alpha value is -0.673. The van der Waals surface area contributed by atoms with Gasteiger partial charge in [0.25, 0.3) is 0 Å². The van der Waals surface area contributed by atoms with Crippen LogP contribution in [0.25, 0.3) is 0 Å². The maximum absolute atomic E-state index is 11.6.